The van der Waals surface area contributed by atoms with Gasteiger partial charge in [0, 0.05) is 31.1 Å². The second kappa shape index (κ2) is 6.75. The Balaban J connectivity index is 1.95. The van der Waals surface area contributed by atoms with Crippen LogP contribution in [-0.2, 0) is 11.8 Å². The Morgan fingerprint density at radius 2 is 1.61 bits per heavy atom. The van der Waals surface area contributed by atoms with Gasteiger partial charge in [0.05, 0.1) is 5.56 Å². The van der Waals surface area contributed by atoms with Gasteiger partial charge in [0.2, 0.25) is 0 Å². The molecule has 4 nitrogen and oxygen atoms in total. The smallest absolute Gasteiger partial charge is 0.343 e. The number of carbonyl (C=O) groups excluding carboxylic acids is 1. The van der Waals surface area contributed by atoms with E-state index in [0.717, 1.165) is 5.56 Å². The molecule has 0 saturated carbocycles. The van der Waals surface area contributed by atoms with Gasteiger partial charge in [0.1, 0.15) is 11.6 Å². The maximum Gasteiger partial charge on any atom is 0.343 e. The van der Waals surface area contributed by atoms with E-state index in [0.29, 0.717) is 17.1 Å². The van der Waals surface area contributed by atoms with Crippen molar-refractivity contribution in [1.29, 1.82) is 0 Å². The van der Waals surface area contributed by atoms with Crippen LogP contribution in [0.2, 0.25) is 0 Å². The Kier molecular flexibility index (Phi) is 4.34. The van der Waals surface area contributed by atoms with Gasteiger partial charge in [-0.2, -0.15) is 0 Å². The number of benzene rings is 2. The fourth-order valence-corrected chi connectivity index (χ4v) is 2.14. The monoisotopic (exact) mass is 304 g/mol. The highest BCUT2D eigenvalue weighted by atomic mass is 16.5. The zero-order valence-corrected chi connectivity index (χ0v) is 12.7. The molecule has 1 heterocycles. The van der Waals surface area contributed by atoms with Crippen LogP contribution in [0, 0.1) is 0 Å². The molecule has 3 aromatic rings. The lowest BCUT2D eigenvalue weighted by Crippen LogP contribution is -2.05. The highest BCUT2D eigenvalue weighted by Crippen LogP contribution is 2.20. The van der Waals surface area contributed by atoms with Crippen LogP contribution in [0.1, 0.15) is 21.7 Å². The van der Waals surface area contributed by atoms with Crippen molar-refractivity contribution in [2.75, 3.05) is 0 Å². The van der Waals surface area contributed by atoms with Gasteiger partial charge in [-0.25, -0.2) is 9.78 Å². The molecule has 2 aromatic carbocycles. The first-order valence-electron chi connectivity index (χ1n) is 7.26. The van der Waals surface area contributed by atoms with Gasteiger partial charge in [-0.3, -0.25) is 0 Å². The molecule has 4 heteroatoms. The molecule has 23 heavy (non-hydrogen) atoms. The van der Waals surface area contributed by atoms with Crippen LogP contribution in [0.3, 0.4) is 0 Å². The summed E-state index contributed by atoms with van der Waals surface area (Å²) in [6.07, 6.45) is 5.30. The molecule has 0 saturated heterocycles. The maximum absolute atomic E-state index is 12.4. The standard InChI is InChI=1S/C19H16N2O2/c1-21-13-12-20-18(21)14-17(15-8-4-2-5-9-15)23-19(22)16-10-6-3-7-11-16/h2-14H,1H3/b17-14-. The van der Waals surface area contributed by atoms with Gasteiger partial charge in [0.15, 0.2) is 0 Å². The fourth-order valence-electron chi connectivity index (χ4n) is 2.14. The lowest BCUT2D eigenvalue weighted by molar-refractivity contribution is 0.0693. The van der Waals surface area contributed by atoms with Crippen molar-refractivity contribution < 1.29 is 9.53 Å². The zero-order chi connectivity index (χ0) is 16.1. The van der Waals surface area contributed by atoms with Crippen molar-refractivity contribution >= 4 is 17.8 Å². The van der Waals surface area contributed by atoms with E-state index in [9.17, 15) is 4.79 Å². The minimum atomic E-state index is -0.394. The van der Waals surface area contributed by atoms with E-state index in [1.54, 1.807) is 36.5 Å². The minimum absolute atomic E-state index is 0.394. The molecule has 0 unspecified atom stereocenters. The molecule has 114 valence electrons. The summed E-state index contributed by atoms with van der Waals surface area (Å²) in [4.78, 5) is 16.6. The molecular weight excluding hydrogens is 288 g/mol. The highest BCUT2D eigenvalue weighted by molar-refractivity contribution is 5.94. The Hall–Kier alpha value is -3.14. The van der Waals surface area contributed by atoms with E-state index in [4.69, 9.17) is 4.74 Å². The van der Waals surface area contributed by atoms with E-state index >= 15 is 0 Å². The number of hydrogen-bond acceptors (Lipinski definition) is 3. The number of imidazole rings is 1. The number of hydrogen-bond donors (Lipinski definition) is 0. The number of rotatable bonds is 4. The molecule has 0 aliphatic heterocycles. The SMILES string of the molecule is Cn1ccnc1/C=C(\OC(=O)c1ccccc1)c1ccccc1. The largest absolute Gasteiger partial charge is 0.422 e. The van der Waals surface area contributed by atoms with E-state index in [1.807, 2.05) is 54.2 Å². The van der Waals surface area contributed by atoms with Gasteiger partial charge in [-0.15, -0.1) is 0 Å². The summed E-state index contributed by atoms with van der Waals surface area (Å²) >= 11 is 0. The quantitative estimate of drug-likeness (QED) is 0.544. The van der Waals surface area contributed by atoms with Gasteiger partial charge >= 0.3 is 5.97 Å². The summed E-state index contributed by atoms with van der Waals surface area (Å²) < 4.78 is 7.48. The predicted molar refractivity (Wildman–Crippen MR) is 89.4 cm³/mol. The molecule has 1 aromatic heterocycles. The molecule has 0 spiro atoms. The van der Waals surface area contributed by atoms with Crippen molar-refractivity contribution in [2.24, 2.45) is 7.05 Å². The normalized spacial score (nSPS) is 11.3. The molecule has 0 aliphatic carbocycles. The van der Waals surface area contributed by atoms with Crippen LogP contribution in [0.5, 0.6) is 0 Å². The molecule has 0 fully saturated rings. The first kappa shape index (κ1) is 14.8. The molecule has 0 aliphatic rings. The van der Waals surface area contributed by atoms with Crippen LogP contribution < -0.4 is 0 Å². The van der Waals surface area contributed by atoms with Crippen molar-refractivity contribution in [1.82, 2.24) is 9.55 Å². The molecule has 0 atom stereocenters. The predicted octanol–water partition coefficient (Wildman–Crippen LogP) is 3.78. The van der Waals surface area contributed by atoms with Gasteiger partial charge in [-0.1, -0.05) is 48.5 Å². The fraction of sp³-hybridized carbons (Fsp3) is 0.0526. The Morgan fingerprint density at radius 1 is 1.00 bits per heavy atom. The highest BCUT2D eigenvalue weighted by Gasteiger charge is 2.12. The molecule has 0 radical (unpaired) electrons. The van der Waals surface area contributed by atoms with Crippen LogP contribution in [0.4, 0.5) is 0 Å². The van der Waals surface area contributed by atoms with Gasteiger partial charge in [0.25, 0.3) is 0 Å². The van der Waals surface area contributed by atoms with E-state index in [1.165, 1.54) is 0 Å². The Labute approximate surface area is 134 Å². The molecule has 0 bridgehead atoms. The van der Waals surface area contributed by atoms with Crippen LogP contribution in [-0.4, -0.2) is 15.5 Å². The van der Waals surface area contributed by atoms with Gasteiger partial charge in [-0.05, 0) is 12.1 Å². The second-order valence-electron chi connectivity index (χ2n) is 5.03. The Morgan fingerprint density at radius 3 is 2.17 bits per heavy atom. The average molecular weight is 304 g/mol. The molecule has 3 rings (SSSR count). The Bertz CT molecular complexity index is 821. The summed E-state index contributed by atoms with van der Waals surface area (Å²) in [7, 11) is 1.89. The summed E-state index contributed by atoms with van der Waals surface area (Å²) in [6, 6.07) is 18.4. The summed E-state index contributed by atoms with van der Waals surface area (Å²) in [6.45, 7) is 0. The molecule has 0 amide bonds. The zero-order valence-electron chi connectivity index (χ0n) is 12.7. The number of aryl methyl sites for hydroxylation is 1. The third kappa shape index (κ3) is 3.55. The number of nitrogens with zero attached hydrogens (tertiary/aromatic N) is 2. The maximum atomic E-state index is 12.4. The number of esters is 1. The second-order valence-corrected chi connectivity index (χ2v) is 5.03. The minimum Gasteiger partial charge on any atom is -0.422 e. The third-order valence-electron chi connectivity index (χ3n) is 3.39. The number of aromatic nitrogens is 2. The topological polar surface area (TPSA) is 44.1 Å². The molecule has 0 N–H and O–H groups in total. The van der Waals surface area contributed by atoms with Crippen molar-refractivity contribution in [3.8, 4) is 0 Å². The van der Waals surface area contributed by atoms with Gasteiger partial charge < -0.3 is 9.30 Å². The first-order valence-corrected chi connectivity index (χ1v) is 7.26. The van der Waals surface area contributed by atoms with Crippen LogP contribution >= 0.6 is 0 Å². The first-order chi connectivity index (χ1) is 11.2. The van der Waals surface area contributed by atoms with Crippen molar-refractivity contribution in [3.63, 3.8) is 0 Å². The summed E-state index contributed by atoms with van der Waals surface area (Å²) in [5.41, 5.74) is 1.33. The molecular formula is C19H16N2O2. The lowest BCUT2D eigenvalue weighted by atomic mass is 10.1. The van der Waals surface area contributed by atoms with Crippen molar-refractivity contribution in [3.05, 3.63) is 90.0 Å². The average Bonchev–Trinajstić information content (AvgIpc) is 3.00. The lowest BCUT2D eigenvalue weighted by Gasteiger charge is -2.09. The van der Waals surface area contributed by atoms with E-state index in [2.05, 4.69) is 4.98 Å². The number of carbonyl (C=O) groups is 1. The third-order valence-corrected chi connectivity index (χ3v) is 3.39. The van der Waals surface area contributed by atoms with Crippen molar-refractivity contribution in [2.45, 2.75) is 0 Å². The van der Waals surface area contributed by atoms with E-state index in [-0.39, 0.29) is 0 Å². The number of ether oxygens (including phenoxy) is 1. The van der Waals surface area contributed by atoms with Crippen LogP contribution in [0.25, 0.3) is 11.8 Å². The summed E-state index contributed by atoms with van der Waals surface area (Å²) in [5, 5.41) is 0. The van der Waals surface area contributed by atoms with E-state index < -0.39 is 5.97 Å². The van der Waals surface area contributed by atoms with Crippen LogP contribution in [0.15, 0.2) is 73.1 Å². The summed E-state index contributed by atoms with van der Waals surface area (Å²) in [5.74, 6) is 0.786.